The molecule has 1 aromatic heterocycles. The molecule has 1 aliphatic heterocycles. The lowest BCUT2D eigenvalue weighted by molar-refractivity contribution is 0.0730. The zero-order valence-electron chi connectivity index (χ0n) is 16.3. The minimum Gasteiger partial charge on any atom is -0.379 e. The van der Waals surface area contributed by atoms with Crippen LogP contribution in [0, 0.1) is 0 Å². The molecule has 28 heavy (non-hydrogen) atoms. The molecule has 0 spiro atoms. The molecule has 1 atom stereocenters. The van der Waals surface area contributed by atoms with E-state index in [1.165, 1.54) is 4.31 Å². The van der Waals surface area contributed by atoms with Crippen LogP contribution in [0.4, 0.5) is 0 Å². The third-order valence-electron chi connectivity index (χ3n) is 4.73. The zero-order chi connectivity index (χ0) is 19.4. The number of sulfonamides is 1. The Morgan fingerprint density at radius 3 is 2.64 bits per heavy atom. The van der Waals surface area contributed by atoms with Crippen molar-refractivity contribution in [1.82, 2.24) is 19.8 Å². The number of hydrogen-bond acceptors (Lipinski definition) is 7. The van der Waals surface area contributed by atoms with Crippen molar-refractivity contribution < 1.29 is 17.7 Å². The Morgan fingerprint density at radius 1 is 1.29 bits per heavy atom. The van der Waals surface area contributed by atoms with Crippen LogP contribution in [0.15, 0.2) is 27.6 Å². The second-order valence-corrected chi connectivity index (χ2v) is 8.51. The van der Waals surface area contributed by atoms with Gasteiger partial charge in [-0.3, -0.25) is 0 Å². The van der Waals surface area contributed by atoms with E-state index in [-0.39, 0.29) is 18.4 Å². The molecule has 8 nitrogen and oxygen atoms in total. The first-order chi connectivity index (χ1) is 13.0. The maximum atomic E-state index is 13.1. The zero-order valence-corrected chi connectivity index (χ0v) is 18.0. The Balaban J connectivity index is 0.00000280. The van der Waals surface area contributed by atoms with Gasteiger partial charge in [-0.05, 0) is 38.1 Å². The summed E-state index contributed by atoms with van der Waals surface area (Å²) in [7, 11) is -1.73. The molecule has 1 unspecified atom stereocenters. The van der Waals surface area contributed by atoms with Crippen LogP contribution in [0.1, 0.15) is 25.2 Å². The van der Waals surface area contributed by atoms with Gasteiger partial charge in [0.05, 0.1) is 18.1 Å². The van der Waals surface area contributed by atoms with Crippen molar-refractivity contribution in [3.05, 3.63) is 29.6 Å². The SMILES string of the molecule is CCc1ccc(-c2nc(CC(C)NC)no2)cc1S(=O)(=O)N1CCOCC1.Cl. The lowest BCUT2D eigenvalue weighted by atomic mass is 10.1. The largest absolute Gasteiger partial charge is 0.379 e. The van der Waals surface area contributed by atoms with E-state index in [0.29, 0.717) is 61.3 Å². The van der Waals surface area contributed by atoms with E-state index in [1.54, 1.807) is 6.07 Å². The lowest BCUT2D eigenvalue weighted by Gasteiger charge is -2.27. The van der Waals surface area contributed by atoms with Gasteiger partial charge in [0.1, 0.15) is 0 Å². The molecule has 0 amide bonds. The van der Waals surface area contributed by atoms with Crippen LogP contribution in [0.5, 0.6) is 0 Å². The van der Waals surface area contributed by atoms with Gasteiger partial charge >= 0.3 is 0 Å². The average Bonchev–Trinajstić information content (AvgIpc) is 3.16. The van der Waals surface area contributed by atoms with Gasteiger partial charge in [0.2, 0.25) is 10.0 Å². The number of morpholine rings is 1. The molecular weight excluding hydrogens is 404 g/mol. The topological polar surface area (TPSA) is 97.6 Å². The quantitative estimate of drug-likeness (QED) is 0.716. The number of aryl methyl sites for hydroxylation is 1. The summed E-state index contributed by atoms with van der Waals surface area (Å²) in [5.41, 5.74) is 1.38. The van der Waals surface area contributed by atoms with E-state index in [1.807, 2.05) is 33.0 Å². The van der Waals surface area contributed by atoms with E-state index in [4.69, 9.17) is 9.26 Å². The predicted octanol–water partition coefficient (Wildman–Crippen LogP) is 1.89. The summed E-state index contributed by atoms with van der Waals surface area (Å²) in [6, 6.07) is 5.51. The molecule has 1 saturated heterocycles. The van der Waals surface area contributed by atoms with Crippen LogP contribution in [-0.4, -0.2) is 62.3 Å². The summed E-state index contributed by atoms with van der Waals surface area (Å²) < 4.78 is 38.4. The molecule has 1 aliphatic rings. The highest BCUT2D eigenvalue weighted by molar-refractivity contribution is 7.89. The summed E-state index contributed by atoms with van der Waals surface area (Å²) in [6.45, 7) is 5.52. The Morgan fingerprint density at radius 2 is 2.00 bits per heavy atom. The van der Waals surface area contributed by atoms with E-state index in [0.717, 1.165) is 5.56 Å². The number of hydrogen-bond donors (Lipinski definition) is 1. The summed E-state index contributed by atoms with van der Waals surface area (Å²) in [4.78, 5) is 4.71. The Kier molecular flexibility index (Phi) is 7.97. The molecule has 0 bridgehead atoms. The molecule has 10 heteroatoms. The second kappa shape index (κ2) is 9.80. The highest BCUT2D eigenvalue weighted by Gasteiger charge is 2.29. The van der Waals surface area contributed by atoms with Crippen LogP contribution >= 0.6 is 12.4 Å². The number of rotatable bonds is 7. The van der Waals surface area contributed by atoms with Crippen molar-refractivity contribution in [1.29, 1.82) is 0 Å². The summed E-state index contributed by atoms with van der Waals surface area (Å²) in [5, 5.41) is 7.13. The fourth-order valence-electron chi connectivity index (χ4n) is 2.98. The number of aromatic nitrogens is 2. The van der Waals surface area contributed by atoms with E-state index in [9.17, 15) is 8.42 Å². The monoisotopic (exact) mass is 430 g/mol. The van der Waals surface area contributed by atoms with E-state index >= 15 is 0 Å². The molecule has 1 fully saturated rings. The van der Waals surface area contributed by atoms with Crippen molar-refractivity contribution in [2.45, 2.75) is 37.6 Å². The van der Waals surface area contributed by atoms with Crippen molar-refractivity contribution >= 4 is 22.4 Å². The second-order valence-electron chi connectivity index (χ2n) is 6.60. The molecule has 2 heterocycles. The highest BCUT2D eigenvalue weighted by Crippen LogP contribution is 2.27. The van der Waals surface area contributed by atoms with Gasteiger partial charge in [0.25, 0.3) is 5.89 Å². The first-order valence-corrected chi connectivity index (χ1v) is 10.6. The normalized spacial score (nSPS) is 16.5. The van der Waals surface area contributed by atoms with E-state index in [2.05, 4.69) is 15.5 Å². The van der Waals surface area contributed by atoms with E-state index < -0.39 is 10.0 Å². The molecule has 2 aromatic rings. The molecule has 0 aliphatic carbocycles. The highest BCUT2D eigenvalue weighted by atomic mass is 35.5. The van der Waals surface area contributed by atoms with Crippen LogP contribution in [0.25, 0.3) is 11.5 Å². The lowest BCUT2D eigenvalue weighted by Crippen LogP contribution is -2.40. The van der Waals surface area contributed by atoms with Crippen molar-refractivity contribution in [2.75, 3.05) is 33.4 Å². The van der Waals surface area contributed by atoms with Gasteiger partial charge < -0.3 is 14.6 Å². The third kappa shape index (κ3) is 4.90. The maximum Gasteiger partial charge on any atom is 0.257 e. The van der Waals surface area contributed by atoms with Gasteiger partial charge in [-0.2, -0.15) is 9.29 Å². The van der Waals surface area contributed by atoms with Gasteiger partial charge in [-0.1, -0.05) is 18.1 Å². The minimum absolute atomic E-state index is 0. The minimum atomic E-state index is -3.60. The van der Waals surface area contributed by atoms with Crippen molar-refractivity contribution in [3.63, 3.8) is 0 Å². The molecule has 1 N–H and O–H groups in total. The number of benzene rings is 1. The van der Waals surface area contributed by atoms with Crippen LogP contribution in [-0.2, 0) is 27.6 Å². The number of ether oxygens (including phenoxy) is 1. The first-order valence-electron chi connectivity index (χ1n) is 9.16. The Hall–Kier alpha value is -1.52. The van der Waals surface area contributed by atoms with Crippen LogP contribution in [0.3, 0.4) is 0 Å². The first kappa shape index (κ1) is 22.8. The fourth-order valence-corrected chi connectivity index (χ4v) is 4.70. The number of halogens is 1. The van der Waals surface area contributed by atoms with Crippen molar-refractivity contribution in [2.24, 2.45) is 0 Å². The Bertz CT molecular complexity index is 881. The third-order valence-corrected chi connectivity index (χ3v) is 6.71. The predicted molar refractivity (Wildman–Crippen MR) is 108 cm³/mol. The maximum absolute atomic E-state index is 13.1. The summed E-state index contributed by atoms with van der Waals surface area (Å²) in [5.74, 6) is 0.915. The smallest absolute Gasteiger partial charge is 0.257 e. The van der Waals surface area contributed by atoms with Gasteiger partial charge in [-0.25, -0.2) is 8.42 Å². The molecule has 0 saturated carbocycles. The van der Waals surface area contributed by atoms with Crippen LogP contribution < -0.4 is 5.32 Å². The number of nitrogens with zero attached hydrogens (tertiary/aromatic N) is 3. The fraction of sp³-hybridized carbons (Fsp3) is 0.556. The average molecular weight is 431 g/mol. The standard InChI is InChI=1S/C18H26N4O4S.ClH/c1-4-14-5-6-15(18-20-17(21-26-18)11-13(2)19-3)12-16(14)27(23,24)22-7-9-25-10-8-22;/h5-6,12-13,19H,4,7-11H2,1-3H3;1H. The van der Waals surface area contributed by atoms with Crippen molar-refractivity contribution in [3.8, 4) is 11.5 Å². The Labute approximate surface area is 172 Å². The summed E-state index contributed by atoms with van der Waals surface area (Å²) >= 11 is 0. The number of likely N-dealkylation sites (N-methyl/N-ethyl adjacent to an activating group) is 1. The molecule has 1 aromatic carbocycles. The van der Waals surface area contributed by atoms with Gasteiger partial charge in [-0.15, -0.1) is 12.4 Å². The molecule has 3 rings (SSSR count). The molecule has 156 valence electrons. The summed E-state index contributed by atoms with van der Waals surface area (Å²) in [6.07, 6.45) is 1.25. The number of nitrogens with one attached hydrogen (secondary N) is 1. The van der Waals surface area contributed by atoms with Gasteiger partial charge in [0, 0.05) is 31.1 Å². The molecule has 0 radical (unpaired) electrons. The van der Waals surface area contributed by atoms with Gasteiger partial charge in [0.15, 0.2) is 5.82 Å². The molecular formula is C18H27ClN4O4S. The van der Waals surface area contributed by atoms with Crippen LogP contribution in [0.2, 0.25) is 0 Å².